The van der Waals surface area contributed by atoms with E-state index in [1.54, 1.807) is 30.5 Å². The molecule has 0 radical (unpaired) electrons. The van der Waals surface area contributed by atoms with Gasteiger partial charge in [0.2, 0.25) is 10.0 Å². The van der Waals surface area contributed by atoms with Gasteiger partial charge in [-0.2, -0.15) is 4.31 Å². The highest BCUT2D eigenvalue weighted by atomic mass is 32.2. The van der Waals surface area contributed by atoms with Gasteiger partial charge in [0.1, 0.15) is 0 Å². The van der Waals surface area contributed by atoms with Gasteiger partial charge in [0.05, 0.1) is 17.0 Å². The standard InChI is InChI=1S/C23H24N2O3S/c26-23-20-13-4-5-14-22(20)29(27,28)25(16-8-11-18-9-2-1-3-10-18)21(23)17-19-12-6-7-15-24-19/h1-7,9-10,12-15,21,23,26H,8,11,16-17H2/t21-,23-/m0/s1. The number of aliphatic hydroxyl groups excluding tert-OH is 1. The van der Waals surface area contributed by atoms with Crippen molar-refractivity contribution in [1.29, 1.82) is 0 Å². The van der Waals surface area contributed by atoms with Crippen molar-refractivity contribution in [2.45, 2.75) is 36.3 Å². The molecular weight excluding hydrogens is 384 g/mol. The summed E-state index contributed by atoms with van der Waals surface area (Å²) in [6.45, 7) is 0.347. The molecule has 4 rings (SSSR count). The fraction of sp³-hybridized carbons (Fsp3) is 0.261. The van der Waals surface area contributed by atoms with Gasteiger partial charge in [0, 0.05) is 30.4 Å². The van der Waals surface area contributed by atoms with Gasteiger partial charge < -0.3 is 5.11 Å². The van der Waals surface area contributed by atoms with Gasteiger partial charge in [-0.1, -0.05) is 54.6 Å². The first-order valence-corrected chi connectivity index (χ1v) is 11.2. The average Bonchev–Trinajstić information content (AvgIpc) is 2.75. The van der Waals surface area contributed by atoms with Crippen LogP contribution in [0.3, 0.4) is 0 Å². The number of aliphatic hydroxyl groups is 1. The van der Waals surface area contributed by atoms with Crippen LogP contribution in [0, 0.1) is 0 Å². The zero-order chi connectivity index (χ0) is 20.3. The third-order valence-corrected chi connectivity index (χ3v) is 7.39. The van der Waals surface area contributed by atoms with Gasteiger partial charge in [0.15, 0.2) is 0 Å². The first kappa shape index (κ1) is 19.8. The smallest absolute Gasteiger partial charge is 0.243 e. The van der Waals surface area contributed by atoms with E-state index in [1.165, 1.54) is 9.87 Å². The number of rotatable bonds is 6. The monoisotopic (exact) mass is 408 g/mol. The summed E-state index contributed by atoms with van der Waals surface area (Å²) >= 11 is 0. The maximum absolute atomic E-state index is 13.4. The number of nitrogens with zero attached hydrogens (tertiary/aromatic N) is 2. The molecule has 0 amide bonds. The van der Waals surface area contributed by atoms with Crippen LogP contribution in [-0.2, 0) is 22.9 Å². The molecule has 2 aromatic carbocycles. The summed E-state index contributed by atoms with van der Waals surface area (Å²) in [4.78, 5) is 4.54. The van der Waals surface area contributed by atoms with Crippen LogP contribution in [0.4, 0.5) is 0 Å². The van der Waals surface area contributed by atoms with E-state index in [0.29, 0.717) is 24.9 Å². The fourth-order valence-corrected chi connectivity index (χ4v) is 5.85. The zero-order valence-corrected chi connectivity index (χ0v) is 16.9. The predicted molar refractivity (Wildman–Crippen MR) is 112 cm³/mol. The number of aromatic nitrogens is 1. The highest BCUT2D eigenvalue weighted by molar-refractivity contribution is 7.89. The number of hydrogen-bond donors (Lipinski definition) is 1. The van der Waals surface area contributed by atoms with E-state index in [4.69, 9.17) is 0 Å². The minimum absolute atomic E-state index is 0.199. The molecule has 6 heteroatoms. The van der Waals surface area contributed by atoms with Gasteiger partial charge in [-0.3, -0.25) is 4.98 Å². The third-order valence-electron chi connectivity index (χ3n) is 5.39. The first-order chi connectivity index (χ1) is 14.1. The van der Waals surface area contributed by atoms with Gasteiger partial charge in [-0.15, -0.1) is 0 Å². The topological polar surface area (TPSA) is 70.5 Å². The molecule has 29 heavy (non-hydrogen) atoms. The molecule has 0 aliphatic carbocycles. The normalized spacial score (nSPS) is 20.9. The van der Waals surface area contributed by atoms with Crippen molar-refractivity contribution in [3.05, 3.63) is 95.8 Å². The van der Waals surface area contributed by atoms with Crippen LogP contribution >= 0.6 is 0 Å². The van der Waals surface area contributed by atoms with Crippen molar-refractivity contribution in [1.82, 2.24) is 9.29 Å². The number of sulfonamides is 1. The second-order valence-corrected chi connectivity index (χ2v) is 9.14. The zero-order valence-electron chi connectivity index (χ0n) is 16.1. The van der Waals surface area contributed by atoms with Gasteiger partial charge >= 0.3 is 0 Å². The molecule has 2 atom stereocenters. The number of fused-ring (bicyclic) bond motifs is 1. The lowest BCUT2D eigenvalue weighted by molar-refractivity contribution is 0.0787. The Morgan fingerprint density at radius 2 is 1.66 bits per heavy atom. The summed E-state index contributed by atoms with van der Waals surface area (Å²) in [5, 5.41) is 11.1. The molecule has 0 bridgehead atoms. The van der Waals surface area contributed by atoms with E-state index >= 15 is 0 Å². The molecule has 1 N–H and O–H groups in total. The van der Waals surface area contributed by atoms with Crippen molar-refractivity contribution >= 4 is 10.0 Å². The molecule has 0 spiro atoms. The van der Waals surface area contributed by atoms with Crippen molar-refractivity contribution in [2.24, 2.45) is 0 Å². The summed E-state index contributed by atoms with van der Waals surface area (Å²) in [7, 11) is -3.69. The van der Waals surface area contributed by atoms with E-state index in [1.807, 2.05) is 48.5 Å². The van der Waals surface area contributed by atoms with Crippen LogP contribution in [0.15, 0.2) is 83.9 Å². The minimum Gasteiger partial charge on any atom is -0.387 e. The molecule has 0 saturated heterocycles. The van der Waals surface area contributed by atoms with Crippen LogP contribution < -0.4 is 0 Å². The predicted octanol–water partition coefficient (Wildman–Crippen LogP) is 3.36. The molecule has 1 aliphatic rings. The second-order valence-electron chi connectivity index (χ2n) is 7.28. The molecular formula is C23H24N2O3S. The first-order valence-electron chi connectivity index (χ1n) is 9.80. The molecule has 5 nitrogen and oxygen atoms in total. The van der Waals surface area contributed by atoms with E-state index in [-0.39, 0.29) is 4.90 Å². The second kappa shape index (κ2) is 8.45. The lowest BCUT2D eigenvalue weighted by Gasteiger charge is -2.39. The van der Waals surface area contributed by atoms with Gasteiger partial charge in [-0.25, -0.2) is 8.42 Å². The van der Waals surface area contributed by atoms with Crippen LogP contribution in [-0.4, -0.2) is 35.4 Å². The third kappa shape index (κ3) is 4.10. The molecule has 0 fully saturated rings. The fourth-order valence-electron chi connectivity index (χ4n) is 3.95. The maximum Gasteiger partial charge on any atom is 0.243 e. The Bertz CT molecular complexity index is 1060. The summed E-state index contributed by atoms with van der Waals surface area (Å²) in [6, 6.07) is 21.7. The van der Waals surface area contributed by atoms with Crippen LogP contribution in [0.5, 0.6) is 0 Å². The molecule has 0 saturated carbocycles. The summed E-state index contributed by atoms with van der Waals surface area (Å²) in [5.41, 5.74) is 2.40. The van der Waals surface area contributed by atoms with Crippen LogP contribution in [0.25, 0.3) is 0 Å². The summed E-state index contributed by atoms with van der Waals surface area (Å²) in [6.07, 6.45) is 2.61. The number of aryl methyl sites for hydroxylation is 1. The van der Waals surface area contributed by atoms with E-state index in [2.05, 4.69) is 4.98 Å². The lowest BCUT2D eigenvalue weighted by Crippen LogP contribution is -2.49. The lowest BCUT2D eigenvalue weighted by atomic mass is 9.97. The van der Waals surface area contributed by atoms with Crippen molar-refractivity contribution < 1.29 is 13.5 Å². The highest BCUT2D eigenvalue weighted by Gasteiger charge is 2.43. The summed E-state index contributed by atoms with van der Waals surface area (Å²) < 4.78 is 28.2. The Morgan fingerprint density at radius 1 is 0.931 bits per heavy atom. The molecule has 0 unspecified atom stereocenters. The SMILES string of the molecule is O=S1(=O)c2ccccc2[C@H](O)[C@H](Cc2ccccn2)N1CCCc1ccccc1. The van der Waals surface area contributed by atoms with Crippen LogP contribution in [0.1, 0.15) is 29.3 Å². The largest absolute Gasteiger partial charge is 0.387 e. The molecule has 3 aromatic rings. The van der Waals surface area contributed by atoms with E-state index in [0.717, 1.165) is 12.1 Å². The Balaban J connectivity index is 1.64. The Hall–Kier alpha value is -2.54. The molecule has 2 heterocycles. The Labute approximate surface area is 171 Å². The minimum atomic E-state index is -3.69. The molecule has 1 aliphatic heterocycles. The Morgan fingerprint density at radius 3 is 2.41 bits per heavy atom. The Kier molecular flexibility index (Phi) is 5.76. The van der Waals surface area contributed by atoms with Gasteiger partial charge in [0.25, 0.3) is 0 Å². The van der Waals surface area contributed by atoms with Gasteiger partial charge in [-0.05, 0) is 36.6 Å². The maximum atomic E-state index is 13.4. The highest BCUT2D eigenvalue weighted by Crippen LogP contribution is 2.38. The number of benzene rings is 2. The number of hydrogen-bond acceptors (Lipinski definition) is 4. The summed E-state index contributed by atoms with van der Waals surface area (Å²) in [5.74, 6) is 0. The van der Waals surface area contributed by atoms with Crippen molar-refractivity contribution in [2.75, 3.05) is 6.54 Å². The van der Waals surface area contributed by atoms with Crippen molar-refractivity contribution in [3.8, 4) is 0 Å². The average molecular weight is 409 g/mol. The number of pyridine rings is 1. The van der Waals surface area contributed by atoms with E-state index in [9.17, 15) is 13.5 Å². The molecule has 1 aromatic heterocycles. The van der Waals surface area contributed by atoms with Crippen LogP contribution in [0.2, 0.25) is 0 Å². The van der Waals surface area contributed by atoms with Crippen molar-refractivity contribution in [3.63, 3.8) is 0 Å². The quantitative estimate of drug-likeness (QED) is 0.679. The molecule has 150 valence electrons. The van der Waals surface area contributed by atoms with E-state index < -0.39 is 22.2 Å².